The average Bonchev–Trinajstić information content (AvgIpc) is 2.77. The molecule has 9 heteroatoms. The van der Waals surface area contributed by atoms with Crippen LogP contribution >= 0.6 is 11.6 Å². The van der Waals surface area contributed by atoms with Crippen LogP contribution in [0, 0.1) is 0 Å². The van der Waals surface area contributed by atoms with Crippen LogP contribution < -0.4 is 9.62 Å². The van der Waals surface area contributed by atoms with Crippen LogP contribution in [-0.2, 0) is 26.2 Å². The number of halogens is 1. The second-order valence-corrected chi connectivity index (χ2v) is 10.8. The zero-order chi connectivity index (χ0) is 25.3. The lowest BCUT2D eigenvalue weighted by Gasteiger charge is -2.32. The minimum absolute atomic E-state index is 0.0620. The molecule has 0 aliphatic heterocycles. The highest BCUT2D eigenvalue weighted by molar-refractivity contribution is 7.92. The smallest absolute Gasteiger partial charge is 0.243 e. The summed E-state index contributed by atoms with van der Waals surface area (Å²) < 4.78 is 26.0. The summed E-state index contributed by atoms with van der Waals surface area (Å²) in [4.78, 5) is 27.8. The normalized spacial score (nSPS) is 12.3. The Balaban J connectivity index is 2.21. The lowest BCUT2D eigenvalue weighted by molar-refractivity contribution is -0.141. The van der Waals surface area contributed by atoms with E-state index in [9.17, 15) is 18.0 Å². The predicted molar refractivity (Wildman–Crippen MR) is 137 cm³/mol. The number of nitrogens with zero attached hydrogens (tertiary/aromatic N) is 2. The van der Waals surface area contributed by atoms with E-state index >= 15 is 0 Å². The van der Waals surface area contributed by atoms with Crippen LogP contribution in [0.2, 0.25) is 5.02 Å². The van der Waals surface area contributed by atoms with Crippen molar-refractivity contribution in [2.75, 3.05) is 17.1 Å². The molecule has 0 saturated carbocycles. The largest absolute Gasteiger partial charge is 0.352 e. The minimum Gasteiger partial charge on any atom is -0.352 e. The fourth-order valence-corrected chi connectivity index (χ4v) is 4.87. The van der Waals surface area contributed by atoms with Gasteiger partial charge in [0.15, 0.2) is 0 Å². The maximum absolute atomic E-state index is 13.4. The van der Waals surface area contributed by atoms with Gasteiger partial charge in [-0.2, -0.15) is 0 Å². The van der Waals surface area contributed by atoms with E-state index in [1.54, 1.807) is 35.2 Å². The molecule has 0 spiro atoms. The van der Waals surface area contributed by atoms with Crippen molar-refractivity contribution in [3.63, 3.8) is 0 Å². The third kappa shape index (κ3) is 8.02. The van der Waals surface area contributed by atoms with Crippen LogP contribution in [0.15, 0.2) is 54.6 Å². The van der Waals surface area contributed by atoms with Gasteiger partial charge in [0.2, 0.25) is 21.8 Å². The molecule has 186 valence electrons. The van der Waals surface area contributed by atoms with E-state index in [0.717, 1.165) is 11.8 Å². The van der Waals surface area contributed by atoms with Gasteiger partial charge in [0.05, 0.1) is 11.9 Å². The van der Waals surface area contributed by atoms with Gasteiger partial charge >= 0.3 is 0 Å². The van der Waals surface area contributed by atoms with Crippen LogP contribution in [0.1, 0.15) is 45.6 Å². The van der Waals surface area contributed by atoms with Gasteiger partial charge in [0, 0.05) is 30.6 Å². The highest BCUT2D eigenvalue weighted by Crippen LogP contribution is 2.22. The number of amides is 2. The molecule has 0 heterocycles. The van der Waals surface area contributed by atoms with Crippen molar-refractivity contribution in [3.8, 4) is 0 Å². The molecular weight excluding hydrogens is 474 g/mol. The fraction of sp³-hybridized carbons (Fsp3) is 0.440. The van der Waals surface area contributed by atoms with E-state index < -0.39 is 16.1 Å². The van der Waals surface area contributed by atoms with E-state index in [1.165, 1.54) is 4.31 Å². The quantitative estimate of drug-likeness (QED) is 0.466. The predicted octanol–water partition coefficient (Wildman–Crippen LogP) is 4.22. The Hall–Kier alpha value is -2.58. The summed E-state index contributed by atoms with van der Waals surface area (Å²) in [5.74, 6) is -0.452. The zero-order valence-corrected chi connectivity index (χ0v) is 21.8. The van der Waals surface area contributed by atoms with Crippen LogP contribution in [0.5, 0.6) is 0 Å². The molecule has 1 N–H and O–H groups in total. The number of rotatable bonds is 12. The maximum Gasteiger partial charge on any atom is 0.243 e. The number of carbonyl (C=O) groups excluding carboxylic acids is 2. The third-order valence-electron chi connectivity index (χ3n) is 5.31. The van der Waals surface area contributed by atoms with Gasteiger partial charge in [-0.3, -0.25) is 13.9 Å². The molecule has 0 bridgehead atoms. The van der Waals surface area contributed by atoms with Crippen molar-refractivity contribution < 1.29 is 18.0 Å². The first-order valence-electron chi connectivity index (χ1n) is 11.4. The van der Waals surface area contributed by atoms with Gasteiger partial charge in [0.1, 0.15) is 6.04 Å². The first kappa shape index (κ1) is 27.7. The minimum atomic E-state index is -3.51. The summed E-state index contributed by atoms with van der Waals surface area (Å²) in [6, 6.07) is 15.3. The highest BCUT2D eigenvalue weighted by atomic mass is 35.5. The molecule has 2 aromatic carbocycles. The summed E-state index contributed by atoms with van der Waals surface area (Å²) in [6.45, 7) is 5.95. The average molecular weight is 508 g/mol. The van der Waals surface area contributed by atoms with E-state index in [2.05, 4.69) is 5.32 Å². The van der Waals surface area contributed by atoms with Crippen LogP contribution in [0.25, 0.3) is 0 Å². The fourth-order valence-electron chi connectivity index (χ4n) is 3.71. The van der Waals surface area contributed by atoms with Crippen LogP contribution in [0.3, 0.4) is 0 Å². The number of hydrogen-bond donors (Lipinski definition) is 1. The summed E-state index contributed by atoms with van der Waals surface area (Å²) in [7, 11) is -3.51. The molecule has 0 aliphatic carbocycles. The van der Waals surface area contributed by atoms with Crippen LogP contribution in [-0.4, -0.2) is 50.0 Å². The molecule has 2 aromatic rings. The Labute approximate surface area is 208 Å². The molecule has 34 heavy (non-hydrogen) atoms. The monoisotopic (exact) mass is 507 g/mol. The van der Waals surface area contributed by atoms with Gasteiger partial charge < -0.3 is 10.2 Å². The molecule has 2 rings (SSSR count). The SMILES string of the molecule is CCC(C(=O)NC(C)C)N(Cc1ccccc1Cl)C(=O)CCCN(c1ccccc1)S(C)(=O)=O. The summed E-state index contributed by atoms with van der Waals surface area (Å²) in [5, 5.41) is 3.41. The molecule has 0 saturated heterocycles. The molecule has 1 unspecified atom stereocenters. The Bertz CT molecular complexity index is 1060. The second kappa shape index (κ2) is 12.8. The number of nitrogens with one attached hydrogen (secondary N) is 1. The van der Waals surface area contributed by atoms with Crippen molar-refractivity contribution in [1.82, 2.24) is 10.2 Å². The van der Waals surface area contributed by atoms with Gasteiger partial charge in [-0.25, -0.2) is 8.42 Å². The number of carbonyl (C=O) groups is 2. The van der Waals surface area contributed by atoms with Crippen molar-refractivity contribution in [3.05, 3.63) is 65.2 Å². The molecule has 2 amide bonds. The molecule has 0 aromatic heterocycles. The molecule has 0 aliphatic rings. The van der Waals surface area contributed by atoms with Crippen molar-refractivity contribution >= 4 is 39.1 Å². The van der Waals surface area contributed by atoms with E-state index in [-0.39, 0.29) is 37.4 Å². The van der Waals surface area contributed by atoms with Gasteiger partial charge in [-0.15, -0.1) is 0 Å². The summed E-state index contributed by atoms with van der Waals surface area (Å²) in [5.41, 5.74) is 1.29. The zero-order valence-electron chi connectivity index (χ0n) is 20.2. The molecule has 0 fully saturated rings. The van der Waals surface area contributed by atoms with E-state index in [0.29, 0.717) is 23.6 Å². The number of benzene rings is 2. The number of para-hydroxylation sites is 1. The Morgan fingerprint density at radius 3 is 2.21 bits per heavy atom. The molecule has 0 radical (unpaired) electrons. The standard InChI is InChI=1S/C25H34ClN3O4S/c1-5-23(25(31)27-19(2)3)28(18-20-12-9-10-15-22(20)26)24(30)16-11-17-29(34(4,32)33)21-13-7-6-8-14-21/h6-10,12-15,19,23H,5,11,16-18H2,1-4H3,(H,27,31). The van der Waals surface area contributed by atoms with Crippen molar-refractivity contribution in [2.24, 2.45) is 0 Å². The van der Waals surface area contributed by atoms with Crippen molar-refractivity contribution in [1.29, 1.82) is 0 Å². The summed E-state index contributed by atoms with van der Waals surface area (Å²) in [6.07, 6.45) is 1.99. The first-order chi connectivity index (χ1) is 16.0. The van der Waals surface area contributed by atoms with Gasteiger partial charge in [-0.1, -0.05) is 54.9 Å². The Morgan fingerprint density at radius 1 is 1.03 bits per heavy atom. The number of anilines is 1. The Morgan fingerprint density at radius 2 is 1.65 bits per heavy atom. The number of hydrogen-bond acceptors (Lipinski definition) is 4. The van der Waals surface area contributed by atoms with Crippen molar-refractivity contribution in [2.45, 2.75) is 58.7 Å². The molecule has 1 atom stereocenters. The van der Waals surface area contributed by atoms with E-state index in [4.69, 9.17) is 11.6 Å². The molecule has 7 nitrogen and oxygen atoms in total. The lowest BCUT2D eigenvalue weighted by atomic mass is 10.1. The third-order valence-corrected chi connectivity index (χ3v) is 6.87. The lowest BCUT2D eigenvalue weighted by Crippen LogP contribution is -2.50. The van der Waals surface area contributed by atoms with E-state index in [1.807, 2.05) is 45.0 Å². The molecular formula is C25H34ClN3O4S. The number of sulfonamides is 1. The maximum atomic E-state index is 13.4. The highest BCUT2D eigenvalue weighted by Gasteiger charge is 2.29. The van der Waals surface area contributed by atoms with Gasteiger partial charge in [-0.05, 0) is 50.5 Å². The summed E-state index contributed by atoms with van der Waals surface area (Å²) >= 11 is 6.34. The van der Waals surface area contributed by atoms with Gasteiger partial charge in [0.25, 0.3) is 0 Å². The topological polar surface area (TPSA) is 86.8 Å². The first-order valence-corrected chi connectivity index (χ1v) is 13.6. The second-order valence-electron chi connectivity index (χ2n) is 8.47. The Kier molecular flexibility index (Phi) is 10.4. The van der Waals surface area contributed by atoms with Crippen LogP contribution in [0.4, 0.5) is 5.69 Å².